The minimum Gasteiger partial charge on any atom is -0.478 e. The van der Waals surface area contributed by atoms with Crippen LogP contribution in [0.15, 0.2) is 41.4 Å². The molecule has 2 N–H and O–H groups in total. The first-order chi connectivity index (χ1) is 13.3. The van der Waals surface area contributed by atoms with Crippen LogP contribution in [-0.4, -0.2) is 37.6 Å². The number of unbranched alkanes of at least 4 members (excludes halogenated alkanes) is 1. The zero-order valence-corrected chi connectivity index (χ0v) is 17.3. The lowest BCUT2D eigenvalue weighted by Crippen LogP contribution is -2.27. The van der Waals surface area contributed by atoms with Crippen LogP contribution in [-0.2, 0) is 16.4 Å². The number of carboxylic acid groups (broad SMARTS) is 1. The Morgan fingerprint density at radius 2 is 1.86 bits per heavy atom. The van der Waals surface area contributed by atoms with Gasteiger partial charge in [0.2, 0.25) is 0 Å². The first kappa shape index (κ1) is 21.7. The van der Waals surface area contributed by atoms with Crippen LogP contribution in [0.2, 0.25) is 0 Å². The van der Waals surface area contributed by atoms with Gasteiger partial charge in [0, 0.05) is 19.3 Å². The second kappa shape index (κ2) is 9.54. The molecule has 0 aliphatic rings. The van der Waals surface area contributed by atoms with Crippen molar-refractivity contribution in [1.82, 2.24) is 4.98 Å². The first-order valence-electron chi connectivity index (χ1n) is 9.42. The summed E-state index contributed by atoms with van der Waals surface area (Å²) in [5.74, 6) is -0.738. The van der Waals surface area contributed by atoms with E-state index >= 15 is 0 Å². The molecule has 0 atom stereocenters. The van der Waals surface area contributed by atoms with Gasteiger partial charge in [-0.15, -0.1) is 0 Å². The predicted molar refractivity (Wildman–Crippen MR) is 111 cm³/mol. The fourth-order valence-electron chi connectivity index (χ4n) is 2.77. The van der Waals surface area contributed by atoms with Gasteiger partial charge >= 0.3 is 5.97 Å². The molecule has 0 spiro atoms. The summed E-state index contributed by atoms with van der Waals surface area (Å²) in [6.07, 6.45) is 3.96. The third kappa shape index (κ3) is 5.22. The summed E-state index contributed by atoms with van der Waals surface area (Å²) in [5.41, 5.74) is 1.12. The Bertz CT molecular complexity index is 912. The van der Waals surface area contributed by atoms with Crippen LogP contribution in [0.1, 0.15) is 49.5 Å². The van der Waals surface area contributed by atoms with Gasteiger partial charge in [0.25, 0.3) is 10.0 Å². The van der Waals surface area contributed by atoms with E-state index in [2.05, 4.69) is 16.6 Å². The summed E-state index contributed by atoms with van der Waals surface area (Å²) in [4.78, 5) is 17.7. The number of nitrogens with zero attached hydrogens (tertiary/aromatic N) is 2. The summed E-state index contributed by atoms with van der Waals surface area (Å²) >= 11 is 0. The normalized spacial score (nSPS) is 11.2. The molecule has 1 aromatic heterocycles. The quantitative estimate of drug-likeness (QED) is 0.624. The standard InChI is InChI=1S/C20H27N3O4S/c1-4-7-12-23(6-3)19-18(13-16(14-21-19)20(24)25)22-28(26,27)17-10-8-15(5-2)9-11-17/h8-11,13-14,22H,4-7,12H2,1-3H3,(H,24,25). The van der Waals surface area contributed by atoms with Crippen molar-refractivity contribution in [2.24, 2.45) is 0 Å². The van der Waals surface area contributed by atoms with Gasteiger partial charge in [-0.3, -0.25) is 4.72 Å². The number of carbonyl (C=O) groups is 1. The first-order valence-corrected chi connectivity index (χ1v) is 10.9. The van der Waals surface area contributed by atoms with Gasteiger partial charge in [-0.25, -0.2) is 18.2 Å². The second-order valence-corrected chi connectivity index (χ2v) is 8.12. The number of hydrogen-bond donors (Lipinski definition) is 2. The lowest BCUT2D eigenvalue weighted by atomic mass is 10.2. The van der Waals surface area contributed by atoms with E-state index in [1.807, 2.05) is 18.7 Å². The molecule has 28 heavy (non-hydrogen) atoms. The number of carboxylic acids is 1. The van der Waals surface area contributed by atoms with Crippen molar-refractivity contribution in [3.8, 4) is 0 Å². The fourth-order valence-corrected chi connectivity index (χ4v) is 3.82. The van der Waals surface area contributed by atoms with Gasteiger partial charge in [0.1, 0.15) is 0 Å². The summed E-state index contributed by atoms with van der Waals surface area (Å²) in [6.45, 7) is 7.33. The minimum atomic E-state index is -3.88. The molecule has 0 saturated heterocycles. The molecular weight excluding hydrogens is 378 g/mol. The van der Waals surface area contributed by atoms with E-state index < -0.39 is 16.0 Å². The molecule has 0 aliphatic carbocycles. The largest absolute Gasteiger partial charge is 0.478 e. The average Bonchev–Trinajstić information content (AvgIpc) is 2.69. The Balaban J connectivity index is 2.45. The zero-order valence-electron chi connectivity index (χ0n) is 16.5. The molecule has 1 heterocycles. The van der Waals surface area contributed by atoms with Crippen molar-refractivity contribution in [2.75, 3.05) is 22.7 Å². The average molecular weight is 406 g/mol. The third-order valence-electron chi connectivity index (χ3n) is 4.46. The lowest BCUT2D eigenvalue weighted by molar-refractivity contribution is 0.0696. The molecule has 0 radical (unpaired) electrons. The molecule has 7 nitrogen and oxygen atoms in total. The molecule has 1 aromatic carbocycles. The van der Waals surface area contributed by atoms with E-state index in [9.17, 15) is 18.3 Å². The van der Waals surface area contributed by atoms with Crippen molar-refractivity contribution < 1.29 is 18.3 Å². The number of nitrogens with one attached hydrogen (secondary N) is 1. The van der Waals surface area contributed by atoms with E-state index in [0.717, 1.165) is 24.8 Å². The number of rotatable bonds is 10. The molecule has 0 fully saturated rings. The Labute approximate surface area is 166 Å². The topological polar surface area (TPSA) is 99.6 Å². The number of benzene rings is 1. The smallest absolute Gasteiger partial charge is 0.337 e. The Morgan fingerprint density at radius 3 is 2.39 bits per heavy atom. The van der Waals surface area contributed by atoms with Crippen LogP contribution < -0.4 is 9.62 Å². The maximum atomic E-state index is 12.9. The van der Waals surface area contributed by atoms with Crippen LogP contribution in [0.3, 0.4) is 0 Å². The van der Waals surface area contributed by atoms with Crippen LogP contribution >= 0.6 is 0 Å². The van der Waals surface area contributed by atoms with Crippen LogP contribution in [0, 0.1) is 0 Å². The van der Waals surface area contributed by atoms with Crippen LogP contribution in [0.25, 0.3) is 0 Å². The molecule has 8 heteroatoms. The maximum absolute atomic E-state index is 12.9. The molecular formula is C20H27N3O4S. The molecule has 0 saturated carbocycles. The van der Waals surface area contributed by atoms with Gasteiger partial charge in [-0.2, -0.15) is 0 Å². The zero-order chi connectivity index (χ0) is 20.7. The highest BCUT2D eigenvalue weighted by molar-refractivity contribution is 7.92. The molecule has 0 amide bonds. The van der Waals surface area contributed by atoms with E-state index in [1.54, 1.807) is 24.3 Å². The Hall–Kier alpha value is -2.61. The van der Waals surface area contributed by atoms with Crippen molar-refractivity contribution >= 4 is 27.5 Å². The van der Waals surface area contributed by atoms with E-state index in [0.29, 0.717) is 18.9 Å². The number of aryl methyl sites for hydroxylation is 1. The van der Waals surface area contributed by atoms with Crippen molar-refractivity contribution in [3.05, 3.63) is 47.7 Å². The Kier molecular flexibility index (Phi) is 7.39. The monoisotopic (exact) mass is 405 g/mol. The highest BCUT2D eigenvalue weighted by Gasteiger charge is 2.21. The van der Waals surface area contributed by atoms with Crippen molar-refractivity contribution in [1.29, 1.82) is 0 Å². The van der Waals surface area contributed by atoms with E-state index in [1.165, 1.54) is 12.3 Å². The molecule has 2 aromatic rings. The summed E-state index contributed by atoms with van der Waals surface area (Å²) in [5, 5.41) is 9.28. The van der Waals surface area contributed by atoms with Crippen molar-refractivity contribution in [3.63, 3.8) is 0 Å². The number of anilines is 2. The Morgan fingerprint density at radius 1 is 1.18 bits per heavy atom. The van der Waals surface area contributed by atoms with E-state index in [4.69, 9.17) is 0 Å². The summed E-state index contributed by atoms with van der Waals surface area (Å²) < 4.78 is 28.2. The molecule has 0 aliphatic heterocycles. The predicted octanol–water partition coefficient (Wildman–Crippen LogP) is 3.77. The number of pyridine rings is 1. The summed E-state index contributed by atoms with van der Waals surface area (Å²) in [6, 6.07) is 7.94. The number of sulfonamides is 1. The van der Waals surface area contributed by atoms with E-state index in [-0.39, 0.29) is 16.1 Å². The second-order valence-electron chi connectivity index (χ2n) is 6.44. The molecule has 152 valence electrons. The maximum Gasteiger partial charge on any atom is 0.337 e. The van der Waals surface area contributed by atoms with Gasteiger partial charge in [0.15, 0.2) is 5.82 Å². The lowest BCUT2D eigenvalue weighted by Gasteiger charge is -2.25. The highest BCUT2D eigenvalue weighted by Crippen LogP contribution is 2.27. The van der Waals surface area contributed by atoms with Crippen LogP contribution in [0.4, 0.5) is 11.5 Å². The number of hydrogen-bond acceptors (Lipinski definition) is 5. The molecule has 2 rings (SSSR count). The van der Waals surface area contributed by atoms with Gasteiger partial charge in [-0.05, 0) is 43.5 Å². The SMILES string of the molecule is CCCCN(CC)c1ncc(C(=O)O)cc1NS(=O)(=O)c1ccc(CC)cc1. The number of aromatic carboxylic acids is 1. The molecule has 0 bridgehead atoms. The van der Waals surface area contributed by atoms with Gasteiger partial charge in [-0.1, -0.05) is 32.4 Å². The number of aromatic nitrogens is 1. The fraction of sp³-hybridized carbons (Fsp3) is 0.400. The molecule has 0 unspecified atom stereocenters. The minimum absolute atomic E-state index is 0.0747. The van der Waals surface area contributed by atoms with Crippen molar-refractivity contribution in [2.45, 2.75) is 44.9 Å². The highest BCUT2D eigenvalue weighted by atomic mass is 32.2. The summed E-state index contributed by atoms with van der Waals surface area (Å²) in [7, 11) is -3.88. The van der Waals surface area contributed by atoms with Gasteiger partial charge in [0.05, 0.1) is 16.1 Å². The van der Waals surface area contributed by atoms with Gasteiger partial charge < -0.3 is 10.0 Å². The van der Waals surface area contributed by atoms with Crippen LogP contribution in [0.5, 0.6) is 0 Å². The third-order valence-corrected chi connectivity index (χ3v) is 5.84.